The Bertz CT molecular complexity index is 765. The Morgan fingerprint density at radius 3 is 2.68 bits per heavy atom. The lowest BCUT2D eigenvalue weighted by molar-refractivity contribution is 0.0698. The summed E-state index contributed by atoms with van der Waals surface area (Å²) in [6, 6.07) is 12.3. The molecule has 2 aromatic rings. The molecule has 0 saturated carbocycles. The smallest absolute Gasteiger partial charge is 0.261 e. The lowest BCUT2D eigenvalue weighted by atomic mass is 10.1. The average molecular weight is 296 g/mol. The summed E-state index contributed by atoms with van der Waals surface area (Å²) in [6.45, 7) is 0.256. The number of hydrogen-bond donors (Lipinski definition) is 2. The highest BCUT2D eigenvalue weighted by atomic mass is 16.3. The van der Waals surface area contributed by atoms with Crippen molar-refractivity contribution in [3.63, 3.8) is 0 Å². The number of carbonyl (C=O) groups is 1. The molecule has 1 atom stereocenters. The van der Waals surface area contributed by atoms with Crippen LogP contribution in [-0.2, 0) is 0 Å². The summed E-state index contributed by atoms with van der Waals surface area (Å²) >= 11 is 0. The molecule has 0 spiro atoms. The van der Waals surface area contributed by atoms with Gasteiger partial charge in [-0.05, 0) is 17.7 Å². The molecule has 2 N–H and O–H groups in total. The molecule has 112 valence electrons. The van der Waals surface area contributed by atoms with E-state index in [1.165, 1.54) is 11.0 Å². The zero-order chi connectivity index (χ0) is 15.5. The molecule has 0 radical (unpaired) electrons. The number of hydrogen-bond acceptors (Lipinski definition) is 3. The van der Waals surface area contributed by atoms with Crippen LogP contribution in [0.15, 0.2) is 59.4 Å². The topological polar surface area (TPSA) is 73.4 Å². The van der Waals surface area contributed by atoms with Crippen LogP contribution in [0.5, 0.6) is 0 Å². The van der Waals surface area contributed by atoms with Gasteiger partial charge in [0.25, 0.3) is 11.5 Å². The largest absolute Gasteiger partial charge is 0.394 e. The van der Waals surface area contributed by atoms with Crippen molar-refractivity contribution in [3.8, 4) is 11.3 Å². The molecule has 0 aliphatic carbocycles. The molecule has 22 heavy (non-hydrogen) atoms. The second-order valence-corrected chi connectivity index (χ2v) is 5.12. The molecule has 3 rings (SSSR count). The van der Waals surface area contributed by atoms with E-state index >= 15 is 0 Å². The van der Waals surface area contributed by atoms with Crippen LogP contribution in [0, 0.1) is 0 Å². The van der Waals surface area contributed by atoms with E-state index in [0.29, 0.717) is 12.2 Å². The lowest BCUT2D eigenvalue weighted by Gasteiger charge is -2.22. The number of nitrogens with zero attached hydrogens (tertiary/aromatic N) is 1. The standard InChI is InChI=1S/C17H16N2O3/c20-11-13-7-4-10-19(13)17(22)14-8-9-15(18-16(14)21)12-5-2-1-3-6-12/h1-9,13,20H,10-11H2,(H,18,21)/t13-/m0/s1. The zero-order valence-electron chi connectivity index (χ0n) is 11.9. The molecule has 1 aliphatic rings. The summed E-state index contributed by atoms with van der Waals surface area (Å²) in [5.41, 5.74) is 1.21. The Balaban J connectivity index is 1.90. The number of carbonyl (C=O) groups excluding carboxylic acids is 1. The predicted molar refractivity (Wildman–Crippen MR) is 83.5 cm³/mol. The average Bonchev–Trinajstić information content (AvgIpc) is 3.03. The number of aliphatic hydroxyl groups is 1. The third-order valence-electron chi connectivity index (χ3n) is 3.73. The van der Waals surface area contributed by atoms with Crippen molar-refractivity contribution < 1.29 is 9.90 Å². The van der Waals surface area contributed by atoms with Crippen molar-refractivity contribution in [1.82, 2.24) is 9.88 Å². The van der Waals surface area contributed by atoms with E-state index in [1.54, 1.807) is 12.1 Å². The third-order valence-corrected chi connectivity index (χ3v) is 3.73. The minimum Gasteiger partial charge on any atom is -0.394 e. The van der Waals surface area contributed by atoms with E-state index < -0.39 is 5.56 Å². The van der Waals surface area contributed by atoms with Crippen LogP contribution in [-0.4, -0.2) is 40.1 Å². The fourth-order valence-electron chi connectivity index (χ4n) is 2.55. The van der Waals surface area contributed by atoms with Crippen molar-refractivity contribution in [3.05, 3.63) is 70.5 Å². The Hall–Kier alpha value is -2.66. The summed E-state index contributed by atoms with van der Waals surface area (Å²) in [7, 11) is 0. The van der Waals surface area contributed by atoms with Crippen LogP contribution in [0.2, 0.25) is 0 Å². The number of aliphatic hydroxyl groups excluding tert-OH is 1. The summed E-state index contributed by atoms with van der Waals surface area (Å²) in [4.78, 5) is 28.9. The van der Waals surface area contributed by atoms with Crippen LogP contribution in [0.3, 0.4) is 0 Å². The first-order valence-corrected chi connectivity index (χ1v) is 7.08. The van der Waals surface area contributed by atoms with Crippen LogP contribution >= 0.6 is 0 Å². The summed E-state index contributed by atoms with van der Waals surface area (Å²) in [6.07, 6.45) is 3.58. The number of benzene rings is 1. The van der Waals surface area contributed by atoms with Crippen molar-refractivity contribution in [1.29, 1.82) is 0 Å². The van der Waals surface area contributed by atoms with E-state index in [0.717, 1.165) is 5.56 Å². The Morgan fingerprint density at radius 2 is 2.00 bits per heavy atom. The second-order valence-electron chi connectivity index (χ2n) is 5.12. The second kappa shape index (κ2) is 5.99. The van der Waals surface area contributed by atoms with Gasteiger partial charge < -0.3 is 15.0 Å². The van der Waals surface area contributed by atoms with E-state index in [9.17, 15) is 14.7 Å². The molecule has 5 heteroatoms. The van der Waals surface area contributed by atoms with Crippen LogP contribution in [0.4, 0.5) is 0 Å². The highest BCUT2D eigenvalue weighted by Gasteiger charge is 2.26. The summed E-state index contributed by atoms with van der Waals surface area (Å²) in [5, 5.41) is 9.26. The number of amides is 1. The predicted octanol–water partition coefficient (Wildman–Crippen LogP) is 1.41. The van der Waals surface area contributed by atoms with Gasteiger partial charge in [0.2, 0.25) is 0 Å². The minimum atomic E-state index is -0.421. The van der Waals surface area contributed by atoms with Gasteiger partial charge in [0.15, 0.2) is 0 Å². The van der Waals surface area contributed by atoms with Crippen LogP contribution in [0.1, 0.15) is 10.4 Å². The maximum absolute atomic E-state index is 12.4. The summed E-state index contributed by atoms with van der Waals surface area (Å²) < 4.78 is 0. The number of rotatable bonds is 3. The first kappa shape index (κ1) is 14.3. The number of aromatic amines is 1. The first-order chi connectivity index (χ1) is 10.7. The van der Waals surface area contributed by atoms with Crippen molar-refractivity contribution in [2.75, 3.05) is 13.2 Å². The van der Waals surface area contributed by atoms with E-state index in [1.807, 2.05) is 36.4 Å². The number of pyridine rings is 1. The highest BCUT2D eigenvalue weighted by molar-refractivity contribution is 5.94. The molecule has 1 aromatic heterocycles. The maximum atomic E-state index is 12.4. The quantitative estimate of drug-likeness (QED) is 0.841. The monoisotopic (exact) mass is 296 g/mol. The number of aromatic nitrogens is 1. The number of nitrogens with one attached hydrogen (secondary N) is 1. The highest BCUT2D eigenvalue weighted by Crippen LogP contribution is 2.16. The van der Waals surface area contributed by atoms with Crippen molar-refractivity contribution >= 4 is 5.91 Å². The van der Waals surface area contributed by atoms with Gasteiger partial charge in [0, 0.05) is 12.2 Å². The minimum absolute atomic E-state index is 0.0850. The van der Waals surface area contributed by atoms with E-state index in [-0.39, 0.29) is 24.1 Å². The Kier molecular flexibility index (Phi) is 3.89. The van der Waals surface area contributed by atoms with Gasteiger partial charge in [-0.1, -0.05) is 42.5 Å². The third kappa shape index (κ3) is 2.58. The first-order valence-electron chi connectivity index (χ1n) is 7.08. The molecule has 1 aromatic carbocycles. The maximum Gasteiger partial charge on any atom is 0.261 e. The SMILES string of the molecule is O=C(c1ccc(-c2ccccc2)[nH]c1=O)N1CC=C[C@H]1CO. The van der Waals surface area contributed by atoms with E-state index in [4.69, 9.17) is 0 Å². The molecule has 0 saturated heterocycles. The fraction of sp³-hybridized carbons (Fsp3) is 0.176. The molecule has 0 bridgehead atoms. The molecule has 5 nitrogen and oxygen atoms in total. The van der Waals surface area contributed by atoms with Gasteiger partial charge >= 0.3 is 0 Å². The van der Waals surface area contributed by atoms with Crippen molar-refractivity contribution in [2.24, 2.45) is 0 Å². The van der Waals surface area contributed by atoms with Gasteiger partial charge in [-0.25, -0.2) is 0 Å². The van der Waals surface area contributed by atoms with E-state index in [2.05, 4.69) is 4.98 Å². The van der Waals surface area contributed by atoms with Crippen LogP contribution < -0.4 is 5.56 Å². The molecule has 1 amide bonds. The van der Waals surface area contributed by atoms with Gasteiger partial charge in [0.05, 0.1) is 12.6 Å². The molecule has 0 unspecified atom stereocenters. The molecular weight excluding hydrogens is 280 g/mol. The zero-order valence-corrected chi connectivity index (χ0v) is 11.9. The molecular formula is C17H16N2O3. The van der Waals surface area contributed by atoms with Crippen molar-refractivity contribution in [2.45, 2.75) is 6.04 Å². The molecule has 1 aliphatic heterocycles. The summed E-state index contributed by atoms with van der Waals surface area (Å²) in [5.74, 6) is -0.370. The van der Waals surface area contributed by atoms with Gasteiger partial charge in [-0.2, -0.15) is 0 Å². The lowest BCUT2D eigenvalue weighted by Crippen LogP contribution is -2.40. The molecule has 2 heterocycles. The van der Waals surface area contributed by atoms with Gasteiger partial charge in [0.1, 0.15) is 5.56 Å². The fourth-order valence-corrected chi connectivity index (χ4v) is 2.55. The van der Waals surface area contributed by atoms with Crippen LogP contribution in [0.25, 0.3) is 11.3 Å². The van der Waals surface area contributed by atoms with Gasteiger partial charge in [-0.3, -0.25) is 9.59 Å². The molecule has 0 fully saturated rings. The van der Waals surface area contributed by atoms with Gasteiger partial charge in [-0.15, -0.1) is 0 Å². The Labute approximate surface area is 127 Å². The number of H-pyrrole nitrogens is 1. The normalized spacial score (nSPS) is 17.0. The Morgan fingerprint density at radius 1 is 1.23 bits per heavy atom.